The van der Waals surface area contributed by atoms with Crippen LogP contribution >= 0.6 is 0 Å². The number of para-hydroxylation sites is 2. The van der Waals surface area contributed by atoms with Gasteiger partial charge in [0.2, 0.25) is 0 Å². The van der Waals surface area contributed by atoms with Crippen LogP contribution in [0.1, 0.15) is 30.2 Å². The SMILES string of the molecule is CC(C)COc1ccc(-c2cc(C(=O)NCc3nc4ccccc4[nH]3)no2)cc1. The van der Waals surface area contributed by atoms with Crippen molar-refractivity contribution in [3.63, 3.8) is 0 Å². The van der Waals surface area contributed by atoms with Crippen LogP contribution in [0.3, 0.4) is 0 Å². The molecule has 0 aliphatic heterocycles. The van der Waals surface area contributed by atoms with Gasteiger partial charge in [0.25, 0.3) is 5.91 Å². The highest BCUT2D eigenvalue weighted by Crippen LogP contribution is 2.23. The highest BCUT2D eigenvalue weighted by atomic mass is 16.5. The van der Waals surface area contributed by atoms with Crippen LogP contribution in [0.2, 0.25) is 0 Å². The maximum atomic E-state index is 12.4. The zero-order valence-corrected chi connectivity index (χ0v) is 16.3. The zero-order valence-electron chi connectivity index (χ0n) is 16.3. The molecule has 0 unspecified atom stereocenters. The molecule has 0 atom stereocenters. The van der Waals surface area contributed by atoms with E-state index in [1.54, 1.807) is 6.07 Å². The first-order chi connectivity index (χ1) is 14.1. The molecule has 7 nitrogen and oxygen atoms in total. The molecule has 2 aromatic carbocycles. The molecule has 0 fully saturated rings. The average molecular weight is 390 g/mol. The molecule has 4 aromatic rings. The fraction of sp³-hybridized carbons (Fsp3) is 0.227. The number of carbonyl (C=O) groups excluding carboxylic acids is 1. The van der Waals surface area contributed by atoms with Crippen molar-refractivity contribution < 1.29 is 14.1 Å². The van der Waals surface area contributed by atoms with E-state index < -0.39 is 0 Å². The lowest BCUT2D eigenvalue weighted by molar-refractivity contribution is 0.0941. The van der Waals surface area contributed by atoms with Gasteiger partial charge >= 0.3 is 0 Å². The van der Waals surface area contributed by atoms with E-state index in [-0.39, 0.29) is 18.1 Å². The Kier molecular flexibility index (Phi) is 5.29. The summed E-state index contributed by atoms with van der Waals surface area (Å²) in [5.41, 5.74) is 2.84. The minimum Gasteiger partial charge on any atom is -0.493 e. The van der Waals surface area contributed by atoms with Gasteiger partial charge in [-0.15, -0.1) is 0 Å². The lowest BCUT2D eigenvalue weighted by atomic mass is 10.1. The van der Waals surface area contributed by atoms with Crippen LogP contribution in [-0.4, -0.2) is 27.6 Å². The molecule has 0 bridgehead atoms. The first-order valence-corrected chi connectivity index (χ1v) is 9.50. The van der Waals surface area contributed by atoms with Crippen LogP contribution in [0.15, 0.2) is 59.1 Å². The first kappa shape index (κ1) is 18.7. The van der Waals surface area contributed by atoms with Gasteiger partial charge in [0, 0.05) is 11.6 Å². The fourth-order valence-corrected chi connectivity index (χ4v) is 2.84. The van der Waals surface area contributed by atoms with Gasteiger partial charge in [-0.05, 0) is 42.3 Å². The number of hydrogen-bond donors (Lipinski definition) is 2. The number of nitrogens with zero attached hydrogens (tertiary/aromatic N) is 2. The van der Waals surface area contributed by atoms with E-state index in [0.29, 0.717) is 24.1 Å². The minimum absolute atomic E-state index is 0.219. The van der Waals surface area contributed by atoms with Gasteiger partial charge in [0.15, 0.2) is 11.5 Å². The second-order valence-electron chi connectivity index (χ2n) is 7.19. The van der Waals surface area contributed by atoms with Crippen molar-refractivity contribution in [3.05, 3.63) is 66.1 Å². The quantitative estimate of drug-likeness (QED) is 0.494. The molecule has 2 heterocycles. The number of imidazole rings is 1. The molecular formula is C22H22N4O3. The van der Waals surface area contributed by atoms with Crippen LogP contribution in [0.5, 0.6) is 5.75 Å². The average Bonchev–Trinajstić information content (AvgIpc) is 3.38. The summed E-state index contributed by atoms with van der Waals surface area (Å²) in [6, 6.07) is 16.9. The number of benzene rings is 2. The molecule has 29 heavy (non-hydrogen) atoms. The lowest BCUT2D eigenvalue weighted by Gasteiger charge is -2.08. The Bertz CT molecular complexity index is 1080. The Balaban J connectivity index is 1.38. The number of H-pyrrole nitrogens is 1. The largest absolute Gasteiger partial charge is 0.493 e. The van der Waals surface area contributed by atoms with Gasteiger partial charge in [0.05, 0.1) is 24.2 Å². The number of rotatable bonds is 7. The molecule has 0 spiro atoms. The summed E-state index contributed by atoms with van der Waals surface area (Å²) in [6.07, 6.45) is 0. The molecule has 2 N–H and O–H groups in total. The number of hydrogen-bond acceptors (Lipinski definition) is 5. The van der Waals surface area contributed by atoms with Gasteiger partial charge in [-0.1, -0.05) is 31.1 Å². The lowest BCUT2D eigenvalue weighted by Crippen LogP contribution is -2.23. The second-order valence-corrected chi connectivity index (χ2v) is 7.19. The third kappa shape index (κ3) is 4.45. The summed E-state index contributed by atoms with van der Waals surface area (Å²) < 4.78 is 11.0. The van der Waals surface area contributed by atoms with Crippen molar-refractivity contribution in [2.45, 2.75) is 20.4 Å². The summed E-state index contributed by atoms with van der Waals surface area (Å²) in [5, 5.41) is 6.68. The standard InChI is InChI=1S/C22H22N4O3/c1-14(2)13-28-16-9-7-15(8-10-16)20-11-19(26-29-20)22(27)23-12-21-24-17-5-3-4-6-18(17)25-21/h3-11,14H,12-13H2,1-2H3,(H,23,27)(H,24,25). The molecule has 148 valence electrons. The van der Waals surface area contributed by atoms with Gasteiger partial charge in [-0.3, -0.25) is 4.79 Å². The van der Waals surface area contributed by atoms with Gasteiger partial charge in [-0.2, -0.15) is 0 Å². The summed E-state index contributed by atoms with van der Waals surface area (Å²) in [6.45, 7) is 5.14. The number of aromatic nitrogens is 3. The molecular weight excluding hydrogens is 368 g/mol. The van der Waals surface area contributed by atoms with Crippen molar-refractivity contribution in [2.75, 3.05) is 6.61 Å². The molecule has 0 saturated heterocycles. The summed E-state index contributed by atoms with van der Waals surface area (Å²) >= 11 is 0. The number of fused-ring (bicyclic) bond motifs is 1. The first-order valence-electron chi connectivity index (χ1n) is 9.50. The maximum Gasteiger partial charge on any atom is 0.273 e. The van der Waals surface area contributed by atoms with Crippen LogP contribution < -0.4 is 10.1 Å². The molecule has 4 rings (SSSR count). The van der Waals surface area contributed by atoms with Crippen molar-refractivity contribution in [1.82, 2.24) is 20.4 Å². The number of ether oxygens (including phenoxy) is 1. The van der Waals surface area contributed by atoms with E-state index in [1.165, 1.54) is 0 Å². The van der Waals surface area contributed by atoms with E-state index in [0.717, 1.165) is 22.3 Å². The van der Waals surface area contributed by atoms with Crippen molar-refractivity contribution in [2.24, 2.45) is 5.92 Å². The Hall–Kier alpha value is -3.61. The predicted molar refractivity (Wildman–Crippen MR) is 110 cm³/mol. The van der Waals surface area contributed by atoms with Crippen molar-refractivity contribution >= 4 is 16.9 Å². The topological polar surface area (TPSA) is 93.0 Å². The van der Waals surface area contributed by atoms with Crippen molar-refractivity contribution in [3.8, 4) is 17.1 Å². The number of aromatic amines is 1. The Morgan fingerprint density at radius 1 is 1.17 bits per heavy atom. The normalized spacial score (nSPS) is 11.1. The summed E-state index contributed by atoms with van der Waals surface area (Å²) in [7, 11) is 0. The Morgan fingerprint density at radius 2 is 1.97 bits per heavy atom. The van der Waals surface area contributed by atoms with Gasteiger partial charge < -0.3 is 19.6 Å². The number of carbonyl (C=O) groups is 1. The van der Waals surface area contributed by atoms with Crippen LogP contribution in [0, 0.1) is 5.92 Å². The number of nitrogens with one attached hydrogen (secondary N) is 2. The third-order valence-electron chi connectivity index (χ3n) is 4.32. The Labute approximate surface area is 168 Å². The molecule has 0 aliphatic carbocycles. The van der Waals surface area contributed by atoms with Gasteiger partial charge in [0.1, 0.15) is 11.6 Å². The smallest absolute Gasteiger partial charge is 0.273 e. The molecule has 0 saturated carbocycles. The summed E-state index contributed by atoms with van der Waals surface area (Å²) in [4.78, 5) is 20.0. The van der Waals surface area contributed by atoms with Gasteiger partial charge in [-0.25, -0.2) is 4.98 Å². The fourth-order valence-electron chi connectivity index (χ4n) is 2.84. The highest BCUT2D eigenvalue weighted by molar-refractivity contribution is 5.93. The summed E-state index contributed by atoms with van der Waals surface area (Å²) in [5.74, 6) is 2.14. The monoisotopic (exact) mass is 390 g/mol. The third-order valence-corrected chi connectivity index (χ3v) is 4.32. The van der Waals surface area contributed by atoms with E-state index in [2.05, 4.69) is 34.3 Å². The van der Waals surface area contributed by atoms with Crippen LogP contribution in [0.25, 0.3) is 22.4 Å². The maximum absolute atomic E-state index is 12.4. The van der Waals surface area contributed by atoms with E-state index in [9.17, 15) is 4.79 Å². The molecule has 1 amide bonds. The van der Waals surface area contributed by atoms with Crippen molar-refractivity contribution in [1.29, 1.82) is 0 Å². The molecule has 0 aliphatic rings. The minimum atomic E-state index is -0.322. The highest BCUT2D eigenvalue weighted by Gasteiger charge is 2.14. The van der Waals surface area contributed by atoms with E-state index in [4.69, 9.17) is 9.26 Å². The van der Waals surface area contributed by atoms with E-state index >= 15 is 0 Å². The number of amides is 1. The molecule has 7 heteroatoms. The van der Waals surface area contributed by atoms with E-state index in [1.807, 2.05) is 48.5 Å². The van der Waals surface area contributed by atoms with Crippen LogP contribution in [-0.2, 0) is 6.54 Å². The zero-order chi connectivity index (χ0) is 20.2. The molecule has 2 aromatic heterocycles. The second kappa shape index (κ2) is 8.18. The predicted octanol–water partition coefficient (Wildman–Crippen LogP) is 4.18. The van der Waals surface area contributed by atoms with Crippen LogP contribution in [0.4, 0.5) is 0 Å². The molecule has 0 radical (unpaired) electrons. The Morgan fingerprint density at radius 3 is 2.72 bits per heavy atom.